The molecule has 0 saturated carbocycles. The van der Waals surface area contributed by atoms with Gasteiger partial charge in [0.05, 0.1) is 11.4 Å². The van der Waals surface area contributed by atoms with E-state index in [2.05, 4.69) is 12.2 Å². The molecule has 0 atom stereocenters. The molecule has 0 amide bonds. The summed E-state index contributed by atoms with van der Waals surface area (Å²) >= 11 is 0. The van der Waals surface area contributed by atoms with Gasteiger partial charge in [-0.05, 0) is 25.0 Å². The van der Waals surface area contributed by atoms with Gasteiger partial charge in [0.2, 0.25) is 0 Å². The number of rotatable bonds is 4. The van der Waals surface area contributed by atoms with Gasteiger partial charge in [0.15, 0.2) is 0 Å². The molecular formula is C11H18N2. The van der Waals surface area contributed by atoms with Crippen molar-refractivity contribution in [3.63, 3.8) is 0 Å². The zero-order chi connectivity index (χ0) is 9.68. The van der Waals surface area contributed by atoms with Gasteiger partial charge >= 0.3 is 0 Å². The highest BCUT2D eigenvalue weighted by molar-refractivity contribution is 5.69. The Morgan fingerprint density at radius 1 is 1.38 bits per heavy atom. The van der Waals surface area contributed by atoms with E-state index in [0.717, 1.165) is 23.5 Å². The molecule has 0 spiro atoms. The van der Waals surface area contributed by atoms with E-state index in [1.54, 1.807) is 0 Å². The van der Waals surface area contributed by atoms with Gasteiger partial charge in [-0.1, -0.05) is 25.5 Å². The third-order valence-electron chi connectivity index (χ3n) is 2.17. The largest absolute Gasteiger partial charge is 0.397 e. The minimum absolute atomic E-state index is 0.874. The van der Waals surface area contributed by atoms with Crippen LogP contribution in [0.5, 0.6) is 0 Å². The average Bonchev–Trinajstić information content (AvgIpc) is 2.13. The topological polar surface area (TPSA) is 38.0 Å². The molecule has 0 aliphatic carbocycles. The Morgan fingerprint density at radius 2 is 2.15 bits per heavy atom. The number of aryl methyl sites for hydroxylation is 1. The summed E-state index contributed by atoms with van der Waals surface area (Å²) in [6.45, 7) is 5.21. The van der Waals surface area contributed by atoms with Crippen molar-refractivity contribution in [3.8, 4) is 0 Å². The van der Waals surface area contributed by atoms with Crippen LogP contribution in [0.2, 0.25) is 0 Å². The second-order valence-electron chi connectivity index (χ2n) is 3.32. The van der Waals surface area contributed by atoms with Gasteiger partial charge in [-0.15, -0.1) is 0 Å². The summed E-state index contributed by atoms with van der Waals surface area (Å²) in [5.74, 6) is 0. The normalized spacial score (nSPS) is 10.0. The van der Waals surface area contributed by atoms with E-state index < -0.39 is 0 Å². The Kier molecular flexibility index (Phi) is 3.62. The minimum Gasteiger partial charge on any atom is -0.397 e. The van der Waals surface area contributed by atoms with Gasteiger partial charge in [0, 0.05) is 6.54 Å². The molecule has 0 aromatic heterocycles. The van der Waals surface area contributed by atoms with Crippen molar-refractivity contribution in [2.75, 3.05) is 17.6 Å². The van der Waals surface area contributed by atoms with E-state index in [1.165, 1.54) is 12.8 Å². The Balaban J connectivity index is 2.61. The number of nitrogen functional groups attached to an aromatic ring is 1. The molecule has 0 unspecified atom stereocenters. The van der Waals surface area contributed by atoms with Crippen LogP contribution in [0.15, 0.2) is 18.2 Å². The maximum atomic E-state index is 5.90. The van der Waals surface area contributed by atoms with Gasteiger partial charge in [-0.25, -0.2) is 0 Å². The van der Waals surface area contributed by atoms with Crippen molar-refractivity contribution < 1.29 is 0 Å². The molecule has 2 nitrogen and oxygen atoms in total. The third-order valence-corrected chi connectivity index (χ3v) is 2.17. The first kappa shape index (κ1) is 9.90. The maximum absolute atomic E-state index is 5.90. The highest BCUT2D eigenvalue weighted by atomic mass is 14.9. The Labute approximate surface area is 80.1 Å². The lowest BCUT2D eigenvalue weighted by Gasteiger charge is -2.10. The predicted molar refractivity (Wildman–Crippen MR) is 59.0 cm³/mol. The summed E-state index contributed by atoms with van der Waals surface area (Å²) in [6.07, 6.45) is 2.39. The lowest BCUT2D eigenvalue weighted by atomic mass is 10.1. The Hall–Kier alpha value is -1.18. The molecule has 1 aromatic carbocycles. The van der Waals surface area contributed by atoms with Gasteiger partial charge in [0.25, 0.3) is 0 Å². The number of benzene rings is 1. The molecule has 0 radical (unpaired) electrons. The number of para-hydroxylation sites is 1. The monoisotopic (exact) mass is 178 g/mol. The Morgan fingerprint density at radius 3 is 2.85 bits per heavy atom. The average molecular weight is 178 g/mol. The number of hydrogen-bond donors (Lipinski definition) is 2. The van der Waals surface area contributed by atoms with Gasteiger partial charge in [-0.2, -0.15) is 0 Å². The molecule has 72 valence electrons. The fraction of sp³-hybridized carbons (Fsp3) is 0.455. The second-order valence-corrected chi connectivity index (χ2v) is 3.32. The van der Waals surface area contributed by atoms with E-state index in [1.807, 2.05) is 25.1 Å². The fourth-order valence-electron chi connectivity index (χ4n) is 1.23. The van der Waals surface area contributed by atoms with Gasteiger partial charge in [-0.3, -0.25) is 0 Å². The van der Waals surface area contributed by atoms with E-state index >= 15 is 0 Å². The van der Waals surface area contributed by atoms with Gasteiger partial charge in [0.1, 0.15) is 0 Å². The minimum atomic E-state index is 0.874. The van der Waals surface area contributed by atoms with Crippen LogP contribution in [0.3, 0.4) is 0 Å². The molecule has 0 bridgehead atoms. The lowest BCUT2D eigenvalue weighted by Crippen LogP contribution is -2.04. The highest BCUT2D eigenvalue weighted by Gasteiger charge is 1.98. The summed E-state index contributed by atoms with van der Waals surface area (Å²) in [6, 6.07) is 6.08. The smallest absolute Gasteiger partial charge is 0.0579 e. The van der Waals surface area contributed by atoms with E-state index in [-0.39, 0.29) is 0 Å². The second kappa shape index (κ2) is 4.75. The van der Waals surface area contributed by atoms with Crippen LogP contribution < -0.4 is 11.1 Å². The van der Waals surface area contributed by atoms with Crippen LogP contribution in [-0.2, 0) is 0 Å². The third kappa shape index (κ3) is 2.65. The molecule has 1 rings (SSSR count). The van der Waals surface area contributed by atoms with Crippen molar-refractivity contribution in [1.29, 1.82) is 0 Å². The zero-order valence-electron chi connectivity index (χ0n) is 8.43. The van der Waals surface area contributed by atoms with Crippen LogP contribution >= 0.6 is 0 Å². The molecule has 13 heavy (non-hydrogen) atoms. The summed E-state index contributed by atoms with van der Waals surface area (Å²) < 4.78 is 0. The molecule has 1 aromatic rings. The van der Waals surface area contributed by atoms with Crippen molar-refractivity contribution in [3.05, 3.63) is 23.8 Å². The quantitative estimate of drug-likeness (QED) is 0.549. The fourth-order valence-corrected chi connectivity index (χ4v) is 1.23. The maximum Gasteiger partial charge on any atom is 0.0579 e. The Bertz CT molecular complexity index is 269. The standard InChI is InChI=1S/C11H18N2/c1-3-4-8-13-10-7-5-6-9(2)11(10)12/h5-7,13H,3-4,8,12H2,1-2H3. The summed E-state index contributed by atoms with van der Waals surface area (Å²) in [5.41, 5.74) is 8.98. The first-order chi connectivity index (χ1) is 6.25. The molecule has 0 saturated heterocycles. The van der Waals surface area contributed by atoms with Crippen LogP contribution in [0.25, 0.3) is 0 Å². The van der Waals surface area contributed by atoms with E-state index in [0.29, 0.717) is 0 Å². The lowest BCUT2D eigenvalue weighted by molar-refractivity contribution is 0.834. The molecule has 3 N–H and O–H groups in total. The van der Waals surface area contributed by atoms with Crippen molar-refractivity contribution in [2.24, 2.45) is 0 Å². The first-order valence-electron chi connectivity index (χ1n) is 4.84. The first-order valence-corrected chi connectivity index (χ1v) is 4.84. The van der Waals surface area contributed by atoms with Crippen molar-refractivity contribution >= 4 is 11.4 Å². The van der Waals surface area contributed by atoms with Crippen LogP contribution in [0.4, 0.5) is 11.4 Å². The van der Waals surface area contributed by atoms with E-state index in [4.69, 9.17) is 5.73 Å². The molecule has 0 fully saturated rings. The van der Waals surface area contributed by atoms with Crippen molar-refractivity contribution in [1.82, 2.24) is 0 Å². The SMILES string of the molecule is CCCCNc1cccc(C)c1N. The number of nitrogens with two attached hydrogens (primary N) is 1. The van der Waals surface area contributed by atoms with Crippen LogP contribution in [0.1, 0.15) is 25.3 Å². The van der Waals surface area contributed by atoms with E-state index in [9.17, 15) is 0 Å². The number of hydrogen-bond acceptors (Lipinski definition) is 2. The number of anilines is 2. The molecule has 0 aliphatic heterocycles. The summed E-state index contributed by atoms with van der Waals surface area (Å²) in [4.78, 5) is 0. The predicted octanol–water partition coefficient (Wildman–Crippen LogP) is 2.79. The molecule has 2 heteroatoms. The molecule has 0 heterocycles. The summed E-state index contributed by atoms with van der Waals surface area (Å²) in [5, 5.41) is 3.33. The summed E-state index contributed by atoms with van der Waals surface area (Å²) in [7, 11) is 0. The highest BCUT2D eigenvalue weighted by Crippen LogP contribution is 2.21. The molecular weight excluding hydrogens is 160 g/mol. The number of nitrogens with one attached hydrogen (secondary N) is 1. The zero-order valence-corrected chi connectivity index (χ0v) is 8.43. The van der Waals surface area contributed by atoms with Crippen LogP contribution in [-0.4, -0.2) is 6.54 Å². The molecule has 0 aliphatic rings. The van der Waals surface area contributed by atoms with Crippen LogP contribution in [0, 0.1) is 6.92 Å². The van der Waals surface area contributed by atoms with Crippen molar-refractivity contribution in [2.45, 2.75) is 26.7 Å². The van der Waals surface area contributed by atoms with Gasteiger partial charge < -0.3 is 11.1 Å². The number of unbranched alkanes of at least 4 members (excludes halogenated alkanes) is 1.